The zero-order valence-electron chi connectivity index (χ0n) is 12.6. The van der Waals surface area contributed by atoms with Crippen molar-refractivity contribution in [2.24, 2.45) is 0 Å². The van der Waals surface area contributed by atoms with Crippen LogP contribution >= 0.6 is 0 Å². The number of methoxy groups -OCH3 is 1. The average Bonchev–Trinajstić information content (AvgIpc) is 2.31. The molecule has 1 N–H and O–H groups in total. The summed E-state index contributed by atoms with van der Waals surface area (Å²) >= 11 is 0. The Bertz CT molecular complexity index is 265. The Balaban J connectivity index is 3.89. The number of hydrogen-bond donors (Lipinski definition) is 1. The molecule has 0 amide bonds. The van der Waals surface area contributed by atoms with Crippen LogP contribution in [0.4, 0.5) is 0 Å². The molecule has 0 fully saturated rings. The number of nitrogens with zero attached hydrogens (tertiary/aromatic N) is 1. The normalized spacial score (nSPS) is 12.6. The minimum Gasteiger partial charge on any atom is -0.466 e. The largest absolute Gasteiger partial charge is 0.466 e. The molecule has 0 aromatic rings. The number of carbonyl (C=O) groups excluding carboxylic acids is 1. The second-order valence-electron chi connectivity index (χ2n) is 5.01. The Morgan fingerprint density at radius 3 is 2.28 bits per heavy atom. The lowest BCUT2D eigenvalue weighted by molar-refractivity contribution is -0.136. The zero-order chi connectivity index (χ0) is 14.1. The van der Waals surface area contributed by atoms with Crippen LogP contribution in [0.5, 0.6) is 0 Å². The summed E-state index contributed by atoms with van der Waals surface area (Å²) in [5.41, 5.74) is 0.648. The van der Waals surface area contributed by atoms with Crippen LogP contribution in [0, 0.1) is 0 Å². The minimum absolute atomic E-state index is 0.261. The number of rotatable bonds is 8. The molecule has 0 radical (unpaired) electrons. The third kappa shape index (κ3) is 6.77. The SMILES string of the molecule is COC(=O)C(C)=CCNCCN(C(C)C)C(C)C. The van der Waals surface area contributed by atoms with Gasteiger partial charge in [-0.15, -0.1) is 0 Å². The van der Waals surface area contributed by atoms with Crippen molar-refractivity contribution in [3.63, 3.8) is 0 Å². The molecule has 0 spiro atoms. The molecule has 18 heavy (non-hydrogen) atoms. The van der Waals surface area contributed by atoms with E-state index in [1.165, 1.54) is 7.11 Å². The Kier molecular flexibility index (Phi) is 8.67. The van der Waals surface area contributed by atoms with E-state index in [4.69, 9.17) is 0 Å². The van der Waals surface area contributed by atoms with E-state index < -0.39 is 0 Å². The van der Waals surface area contributed by atoms with Crippen LogP contribution in [-0.4, -0.2) is 49.7 Å². The van der Waals surface area contributed by atoms with Crippen molar-refractivity contribution in [2.75, 3.05) is 26.7 Å². The lowest BCUT2D eigenvalue weighted by Gasteiger charge is -2.30. The van der Waals surface area contributed by atoms with E-state index >= 15 is 0 Å². The van der Waals surface area contributed by atoms with Crippen molar-refractivity contribution in [1.82, 2.24) is 10.2 Å². The van der Waals surface area contributed by atoms with Crippen molar-refractivity contribution < 1.29 is 9.53 Å². The van der Waals surface area contributed by atoms with Gasteiger partial charge in [-0.05, 0) is 34.6 Å². The summed E-state index contributed by atoms with van der Waals surface area (Å²) in [5, 5.41) is 3.31. The Hall–Kier alpha value is -0.870. The zero-order valence-corrected chi connectivity index (χ0v) is 12.6. The topological polar surface area (TPSA) is 41.6 Å². The maximum absolute atomic E-state index is 11.1. The lowest BCUT2D eigenvalue weighted by atomic mass is 10.2. The molecule has 106 valence electrons. The predicted octanol–water partition coefficient (Wildman–Crippen LogP) is 1.81. The van der Waals surface area contributed by atoms with Gasteiger partial charge in [0.25, 0.3) is 0 Å². The van der Waals surface area contributed by atoms with E-state index in [0.717, 1.165) is 13.1 Å². The Labute approximate surface area is 111 Å². The standard InChI is InChI=1S/C14H28N2O2/c1-11(2)16(12(3)4)10-9-15-8-7-13(5)14(17)18-6/h7,11-12,15H,8-10H2,1-6H3. The molecule has 0 aliphatic heterocycles. The number of nitrogens with one attached hydrogen (secondary N) is 1. The van der Waals surface area contributed by atoms with Crippen molar-refractivity contribution >= 4 is 5.97 Å². The highest BCUT2D eigenvalue weighted by Crippen LogP contribution is 2.03. The molecule has 4 heteroatoms. The maximum atomic E-state index is 11.1. The Morgan fingerprint density at radius 1 is 1.28 bits per heavy atom. The van der Waals surface area contributed by atoms with Gasteiger partial charge >= 0.3 is 5.97 Å². The third-order valence-electron chi connectivity index (χ3n) is 2.93. The number of esters is 1. The van der Waals surface area contributed by atoms with Gasteiger partial charge in [0, 0.05) is 37.3 Å². The molecule has 0 bridgehead atoms. The van der Waals surface area contributed by atoms with Gasteiger partial charge < -0.3 is 10.1 Å². The van der Waals surface area contributed by atoms with E-state index in [1.807, 2.05) is 6.08 Å². The third-order valence-corrected chi connectivity index (χ3v) is 2.93. The maximum Gasteiger partial charge on any atom is 0.333 e. The fourth-order valence-corrected chi connectivity index (χ4v) is 1.89. The molecule has 0 aromatic carbocycles. The monoisotopic (exact) mass is 256 g/mol. The highest BCUT2D eigenvalue weighted by atomic mass is 16.5. The van der Waals surface area contributed by atoms with Crippen molar-refractivity contribution in [2.45, 2.75) is 46.7 Å². The first-order valence-electron chi connectivity index (χ1n) is 6.61. The average molecular weight is 256 g/mol. The first-order valence-corrected chi connectivity index (χ1v) is 6.61. The van der Waals surface area contributed by atoms with E-state index in [0.29, 0.717) is 24.2 Å². The fourth-order valence-electron chi connectivity index (χ4n) is 1.89. The first-order chi connectivity index (χ1) is 8.40. The predicted molar refractivity (Wildman–Crippen MR) is 75.6 cm³/mol. The van der Waals surface area contributed by atoms with Crippen LogP contribution in [0.15, 0.2) is 11.6 Å². The number of hydrogen-bond acceptors (Lipinski definition) is 4. The molecule has 0 saturated heterocycles. The summed E-state index contributed by atoms with van der Waals surface area (Å²) in [4.78, 5) is 13.6. The quantitative estimate of drug-likeness (QED) is 0.408. The second kappa shape index (κ2) is 9.11. The molecular weight excluding hydrogens is 228 g/mol. The van der Waals surface area contributed by atoms with Crippen LogP contribution < -0.4 is 5.32 Å². The van der Waals surface area contributed by atoms with Crippen molar-refractivity contribution in [3.05, 3.63) is 11.6 Å². The van der Waals surface area contributed by atoms with Gasteiger partial charge in [-0.2, -0.15) is 0 Å². The highest BCUT2D eigenvalue weighted by molar-refractivity contribution is 5.87. The van der Waals surface area contributed by atoms with Gasteiger partial charge in [-0.1, -0.05) is 6.08 Å². The molecule has 4 nitrogen and oxygen atoms in total. The van der Waals surface area contributed by atoms with E-state index in [9.17, 15) is 4.79 Å². The summed E-state index contributed by atoms with van der Waals surface area (Å²) in [5.74, 6) is -0.261. The van der Waals surface area contributed by atoms with Crippen LogP contribution in [0.25, 0.3) is 0 Å². The van der Waals surface area contributed by atoms with Gasteiger partial charge in [0.1, 0.15) is 0 Å². The minimum atomic E-state index is -0.261. The molecule has 0 atom stereocenters. The summed E-state index contributed by atoms with van der Waals surface area (Å²) < 4.78 is 4.63. The van der Waals surface area contributed by atoms with Crippen molar-refractivity contribution in [3.8, 4) is 0 Å². The van der Waals surface area contributed by atoms with Crippen molar-refractivity contribution in [1.29, 1.82) is 0 Å². The Morgan fingerprint density at radius 2 is 1.83 bits per heavy atom. The molecule has 0 aliphatic rings. The summed E-state index contributed by atoms with van der Waals surface area (Å²) in [6, 6.07) is 1.11. The summed E-state index contributed by atoms with van der Waals surface area (Å²) in [6.07, 6.45) is 1.86. The smallest absolute Gasteiger partial charge is 0.333 e. The van der Waals surface area contributed by atoms with Crippen LogP contribution in [0.2, 0.25) is 0 Å². The van der Waals surface area contributed by atoms with Gasteiger partial charge in [0.15, 0.2) is 0 Å². The van der Waals surface area contributed by atoms with E-state index in [-0.39, 0.29) is 5.97 Å². The molecular formula is C14H28N2O2. The summed E-state index contributed by atoms with van der Waals surface area (Å²) in [7, 11) is 1.40. The second-order valence-corrected chi connectivity index (χ2v) is 5.01. The molecule has 0 unspecified atom stereocenters. The highest BCUT2D eigenvalue weighted by Gasteiger charge is 2.11. The lowest BCUT2D eigenvalue weighted by Crippen LogP contribution is -2.41. The molecule has 0 aliphatic carbocycles. The summed E-state index contributed by atoms with van der Waals surface area (Å²) in [6.45, 7) is 13.2. The van der Waals surface area contributed by atoms with E-state index in [2.05, 4.69) is 42.6 Å². The number of carbonyl (C=O) groups is 1. The van der Waals surface area contributed by atoms with Crippen LogP contribution in [0.3, 0.4) is 0 Å². The molecule has 0 heterocycles. The van der Waals surface area contributed by atoms with E-state index in [1.54, 1.807) is 6.92 Å². The number of ether oxygens (including phenoxy) is 1. The fraction of sp³-hybridized carbons (Fsp3) is 0.786. The molecule has 0 saturated carbocycles. The molecule has 0 rings (SSSR count). The molecule has 0 aromatic heterocycles. The van der Waals surface area contributed by atoms with Gasteiger partial charge in [0.05, 0.1) is 7.11 Å². The van der Waals surface area contributed by atoms with Crippen LogP contribution in [-0.2, 0) is 9.53 Å². The van der Waals surface area contributed by atoms with Gasteiger partial charge in [0.2, 0.25) is 0 Å². The van der Waals surface area contributed by atoms with Gasteiger partial charge in [-0.3, -0.25) is 4.90 Å². The first kappa shape index (κ1) is 17.1. The van der Waals surface area contributed by atoms with Crippen LogP contribution in [0.1, 0.15) is 34.6 Å². The van der Waals surface area contributed by atoms with Gasteiger partial charge in [-0.25, -0.2) is 4.79 Å².